The molecule has 3 amide bonds. The molecule has 1 aliphatic heterocycles. The Morgan fingerprint density at radius 1 is 1.11 bits per heavy atom. The van der Waals surface area contributed by atoms with Crippen molar-refractivity contribution in [2.45, 2.75) is 18.9 Å². The number of amides is 3. The van der Waals surface area contributed by atoms with Crippen LogP contribution in [0.25, 0.3) is 0 Å². The van der Waals surface area contributed by atoms with Gasteiger partial charge in [0.15, 0.2) is 0 Å². The van der Waals surface area contributed by atoms with Crippen LogP contribution in [0.1, 0.15) is 33.6 Å². The zero-order valence-corrected chi connectivity index (χ0v) is 16.1. The molecule has 1 aliphatic rings. The summed E-state index contributed by atoms with van der Waals surface area (Å²) in [7, 11) is 0. The van der Waals surface area contributed by atoms with E-state index < -0.39 is 29.6 Å². The normalized spacial score (nSPS) is 16.1. The zero-order valence-electron chi connectivity index (χ0n) is 14.5. The molecule has 3 rings (SSSR count). The Morgan fingerprint density at radius 2 is 1.86 bits per heavy atom. The van der Waals surface area contributed by atoms with Gasteiger partial charge >= 0.3 is 0 Å². The quantitative estimate of drug-likeness (QED) is 0.787. The second kappa shape index (κ2) is 8.16. The van der Waals surface area contributed by atoms with Crippen LogP contribution in [-0.4, -0.2) is 35.2 Å². The van der Waals surface area contributed by atoms with Gasteiger partial charge in [0, 0.05) is 17.3 Å². The minimum atomic E-state index is -0.943. The molecule has 146 valence electrons. The smallest absolute Gasteiger partial charge is 0.256 e. The van der Waals surface area contributed by atoms with Crippen molar-refractivity contribution >= 4 is 46.6 Å². The van der Waals surface area contributed by atoms with Crippen molar-refractivity contribution in [2.75, 3.05) is 11.9 Å². The van der Waals surface area contributed by atoms with Crippen LogP contribution in [0.4, 0.5) is 10.1 Å². The summed E-state index contributed by atoms with van der Waals surface area (Å²) in [5.41, 5.74) is 5.21. The molecule has 0 radical (unpaired) electrons. The molecule has 0 spiro atoms. The van der Waals surface area contributed by atoms with Crippen LogP contribution in [0.3, 0.4) is 0 Å². The lowest BCUT2D eigenvalue weighted by Crippen LogP contribution is -2.43. The van der Waals surface area contributed by atoms with E-state index in [9.17, 15) is 18.8 Å². The van der Waals surface area contributed by atoms with Crippen molar-refractivity contribution in [1.29, 1.82) is 0 Å². The van der Waals surface area contributed by atoms with E-state index in [1.54, 1.807) is 6.07 Å². The standard InChI is InChI=1S/C19H16Cl2FN3O3/c20-10-3-5-14(21)12(8-10)19(28)25-7-1-2-16(25)18(27)24-11-4-6-15(22)13(9-11)17(23)26/h3-6,8-9,16H,1-2,7H2,(H2,23,26)(H,24,27). The number of nitrogens with one attached hydrogen (secondary N) is 1. The number of benzene rings is 2. The molecule has 1 atom stereocenters. The van der Waals surface area contributed by atoms with E-state index in [1.807, 2.05) is 0 Å². The molecule has 0 aliphatic carbocycles. The molecular formula is C19H16Cl2FN3O3. The number of likely N-dealkylation sites (tertiary alicyclic amines) is 1. The van der Waals surface area contributed by atoms with Crippen LogP contribution >= 0.6 is 23.2 Å². The van der Waals surface area contributed by atoms with E-state index in [0.29, 0.717) is 24.4 Å². The highest BCUT2D eigenvalue weighted by Crippen LogP contribution is 2.27. The molecule has 2 aromatic carbocycles. The molecule has 1 fully saturated rings. The van der Waals surface area contributed by atoms with Crippen molar-refractivity contribution in [3.8, 4) is 0 Å². The maximum atomic E-state index is 13.6. The van der Waals surface area contributed by atoms with Crippen molar-refractivity contribution < 1.29 is 18.8 Å². The number of hydrogen-bond acceptors (Lipinski definition) is 3. The summed E-state index contributed by atoms with van der Waals surface area (Å²) in [5.74, 6) is -2.58. The molecule has 28 heavy (non-hydrogen) atoms. The van der Waals surface area contributed by atoms with Gasteiger partial charge in [-0.15, -0.1) is 0 Å². The van der Waals surface area contributed by atoms with Crippen molar-refractivity contribution in [1.82, 2.24) is 4.90 Å². The van der Waals surface area contributed by atoms with E-state index in [-0.39, 0.29) is 21.8 Å². The third-order valence-electron chi connectivity index (χ3n) is 4.47. The third-order valence-corrected chi connectivity index (χ3v) is 5.04. The number of carbonyl (C=O) groups excluding carboxylic acids is 3. The van der Waals surface area contributed by atoms with Gasteiger partial charge in [-0.1, -0.05) is 23.2 Å². The van der Waals surface area contributed by atoms with Crippen molar-refractivity contribution in [2.24, 2.45) is 5.73 Å². The Morgan fingerprint density at radius 3 is 2.57 bits per heavy atom. The molecule has 6 nitrogen and oxygen atoms in total. The van der Waals surface area contributed by atoms with Crippen LogP contribution in [-0.2, 0) is 4.79 Å². The predicted octanol–water partition coefficient (Wildman–Crippen LogP) is 3.47. The molecule has 9 heteroatoms. The largest absolute Gasteiger partial charge is 0.366 e. The van der Waals surface area contributed by atoms with Crippen molar-refractivity contribution in [3.05, 3.63) is 63.4 Å². The first-order valence-electron chi connectivity index (χ1n) is 8.44. The first-order chi connectivity index (χ1) is 13.3. The second-order valence-corrected chi connectivity index (χ2v) is 7.17. The van der Waals surface area contributed by atoms with Crippen molar-refractivity contribution in [3.63, 3.8) is 0 Å². The number of anilines is 1. The SMILES string of the molecule is NC(=O)c1cc(NC(=O)C2CCCN2C(=O)c2cc(Cl)ccc2Cl)ccc1F. The molecule has 0 saturated carbocycles. The predicted molar refractivity (Wildman–Crippen MR) is 104 cm³/mol. The Kier molecular flexibility index (Phi) is 5.86. The summed E-state index contributed by atoms with van der Waals surface area (Å²) >= 11 is 12.1. The van der Waals surface area contributed by atoms with Crippen LogP contribution in [0, 0.1) is 5.82 Å². The molecule has 2 aromatic rings. The number of hydrogen-bond donors (Lipinski definition) is 2. The summed E-state index contributed by atoms with van der Waals surface area (Å²) in [6.45, 7) is 0.385. The van der Waals surface area contributed by atoms with E-state index >= 15 is 0 Å². The zero-order chi connectivity index (χ0) is 20.4. The first kappa shape index (κ1) is 20.1. The number of rotatable bonds is 4. The first-order valence-corrected chi connectivity index (χ1v) is 9.19. The maximum Gasteiger partial charge on any atom is 0.256 e. The lowest BCUT2D eigenvalue weighted by atomic mass is 10.1. The van der Waals surface area contributed by atoms with E-state index in [4.69, 9.17) is 28.9 Å². The monoisotopic (exact) mass is 423 g/mol. The van der Waals surface area contributed by atoms with Gasteiger partial charge in [-0.3, -0.25) is 14.4 Å². The molecule has 1 saturated heterocycles. The highest BCUT2D eigenvalue weighted by Gasteiger charge is 2.35. The Balaban J connectivity index is 1.80. The molecule has 0 bridgehead atoms. The highest BCUT2D eigenvalue weighted by atomic mass is 35.5. The van der Waals surface area contributed by atoms with Gasteiger partial charge in [0.2, 0.25) is 5.91 Å². The van der Waals surface area contributed by atoms with Crippen LogP contribution in [0.15, 0.2) is 36.4 Å². The van der Waals surface area contributed by atoms with Gasteiger partial charge in [-0.05, 0) is 49.2 Å². The topological polar surface area (TPSA) is 92.5 Å². The molecular weight excluding hydrogens is 408 g/mol. The Hall–Kier alpha value is -2.64. The van der Waals surface area contributed by atoms with Crippen LogP contribution in [0.5, 0.6) is 0 Å². The highest BCUT2D eigenvalue weighted by molar-refractivity contribution is 6.35. The minimum absolute atomic E-state index is 0.209. The van der Waals surface area contributed by atoms with Gasteiger partial charge in [-0.2, -0.15) is 0 Å². The minimum Gasteiger partial charge on any atom is -0.366 e. The van der Waals surface area contributed by atoms with Gasteiger partial charge in [0.05, 0.1) is 16.1 Å². The summed E-state index contributed by atoms with van der Waals surface area (Å²) in [6.07, 6.45) is 1.09. The van der Waals surface area contributed by atoms with Gasteiger partial charge < -0.3 is 16.0 Å². The fourth-order valence-corrected chi connectivity index (χ4v) is 3.49. The Bertz CT molecular complexity index is 967. The summed E-state index contributed by atoms with van der Waals surface area (Å²) in [4.78, 5) is 38.3. The van der Waals surface area contributed by atoms with E-state index in [2.05, 4.69) is 5.32 Å². The van der Waals surface area contributed by atoms with Gasteiger partial charge in [0.1, 0.15) is 11.9 Å². The number of nitrogens with zero attached hydrogens (tertiary/aromatic N) is 1. The van der Waals surface area contributed by atoms with Crippen LogP contribution in [0.2, 0.25) is 10.0 Å². The average molecular weight is 424 g/mol. The van der Waals surface area contributed by atoms with Gasteiger partial charge in [-0.25, -0.2) is 4.39 Å². The van der Waals surface area contributed by atoms with E-state index in [1.165, 1.54) is 23.1 Å². The number of primary amides is 1. The fraction of sp³-hybridized carbons (Fsp3) is 0.211. The lowest BCUT2D eigenvalue weighted by Gasteiger charge is -2.24. The summed E-state index contributed by atoms with van der Waals surface area (Å²) < 4.78 is 13.6. The molecule has 3 N–H and O–H groups in total. The third kappa shape index (κ3) is 4.10. The molecule has 1 heterocycles. The molecule has 1 unspecified atom stereocenters. The van der Waals surface area contributed by atoms with Gasteiger partial charge in [0.25, 0.3) is 11.8 Å². The summed E-state index contributed by atoms with van der Waals surface area (Å²) in [5, 5.41) is 3.20. The number of nitrogens with two attached hydrogens (primary N) is 1. The molecule has 0 aromatic heterocycles. The maximum absolute atomic E-state index is 13.6. The number of carbonyl (C=O) groups is 3. The fourth-order valence-electron chi connectivity index (χ4n) is 3.12. The van der Waals surface area contributed by atoms with E-state index in [0.717, 1.165) is 12.1 Å². The van der Waals surface area contributed by atoms with Crippen LogP contribution < -0.4 is 11.1 Å². The lowest BCUT2D eigenvalue weighted by molar-refractivity contribution is -0.119. The average Bonchev–Trinajstić information content (AvgIpc) is 3.14. The summed E-state index contributed by atoms with van der Waals surface area (Å²) in [6, 6.07) is 7.33. The second-order valence-electron chi connectivity index (χ2n) is 6.33. The Labute approximate surface area is 170 Å². The number of halogens is 3.